The number of nitrogens with zero attached hydrogens (tertiary/aromatic N) is 2. The first-order valence-corrected chi connectivity index (χ1v) is 2.26. The van der Waals surface area contributed by atoms with Crippen molar-refractivity contribution in [2.24, 2.45) is 0 Å². The van der Waals surface area contributed by atoms with Crippen LogP contribution in [0.1, 0.15) is 0 Å². The Bertz CT molecular complexity index is 158. The number of allylic oxidation sites excluding steroid dienone is 2. The maximum absolute atomic E-state index is 7.95. The Morgan fingerprint density at radius 3 is 2.29 bits per heavy atom. The van der Waals surface area contributed by atoms with E-state index in [2.05, 4.69) is 15.9 Å². The highest BCUT2D eigenvalue weighted by Crippen LogP contribution is 1.98. The van der Waals surface area contributed by atoms with Gasteiger partial charge < -0.3 is 0 Å². The molecule has 0 bridgehead atoms. The molecule has 0 aliphatic carbocycles. The number of hydrogen-bond donors (Lipinski definition) is 0. The van der Waals surface area contributed by atoms with Crippen LogP contribution in [0.15, 0.2) is 10.6 Å². The molecule has 0 atom stereocenters. The van der Waals surface area contributed by atoms with Crippen molar-refractivity contribution in [1.82, 2.24) is 0 Å². The fourth-order valence-electron chi connectivity index (χ4n) is 0.0889. The summed E-state index contributed by atoms with van der Waals surface area (Å²) in [7, 11) is 0. The largest absolute Gasteiger partial charge is 0.193 e. The molecule has 0 radical (unpaired) electrons. The lowest BCUT2D eigenvalue weighted by molar-refractivity contribution is 1.51. The second-order valence-corrected chi connectivity index (χ2v) is 1.59. The molecule has 0 aromatic heterocycles. The Hall–Kier alpha value is -0.800. The zero-order valence-corrected chi connectivity index (χ0v) is 4.94. The van der Waals surface area contributed by atoms with Crippen LogP contribution in [0.25, 0.3) is 0 Å². The van der Waals surface area contributed by atoms with Gasteiger partial charge in [0.25, 0.3) is 0 Å². The van der Waals surface area contributed by atoms with Crippen LogP contribution in [0, 0.1) is 22.7 Å². The Balaban J connectivity index is 3.89. The minimum atomic E-state index is 0.259. The molecule has 3 heteroatoms. The molecule has 0 amide bonds. The van der Waals surface area contributed by atoms with E-state index < -0.39 is 0 Å². The summed E-state index contributed by atoms with van der Waals surface area (Å²) < 4.78 is 0.259. The van der Waals surface area contributed by atoms with Gasteiger partial charge in [-0.2, -0.15) is 10.5 Å². The van der Waals surface area contributed by atoms with Crippen LogP contribution in [0.3, 0.4) is 0 Å². The molecule has 0 N–H and O–H groups in total. The Labute approximate surface area is 49.8 Å². The maximum Gasteiger partial charge on any atom is 0.107 e. The quantitative estimate of drug-likeness (QED) is 0.497. The normalized spacial score (nSPS) is 9.29. The van der Waals surface area contributed by atoms with Gasteiger partial charge in [0, 0.05) is 6.08 Å². The molecule has 0 fully saturated rings. The van der Waals surface area contributed by atoms with E-state index in [1.54, 1.807) is 12.1 Å². The van der Waals surface area contributed by atoms with Gasteiger partial charge in [0.05, 0.1) is 6.07 Å². The molecule has 34 valence electrons. The first-order valence-electron chi connectivity index (χ1n) is 1.46. The lowest BCUT2D eigenvalue weighted by Gasteiger charge is -1.65. The topological polar surface area (TPSA) is 47.6 Å². The van der Waals surface area contributed by atoms with Gasteiger partial charge in [0.2, 0.25) is 0 Å². The highest BCUT2D eigenvalue weighted by molar-refractivity contribution is 9.12. The van der Waals surface area contributed by atoms with Crippen LogP contribution in [-0.4, -0.2) is 0 Å². The minimum Gasteiger partial charge on any atom is -0.193 e. The number of nitriles is 2. The molecule has 0 aromatic rings. The number of hydrogen-bond acceptors (Lipinski definition) is 2. The summed E-state index contributed by atoms with van der Waals surface area (Å²) in [4.78, 5) is 0. The molecule has 0 aliphatic rings. The van der Waals surface area contributed by atoms with Crippen molar-refractivity contribution in [3.63, 3.8) is 0 Å². The van der Waals surface area contributed by atoms with Crippen molar-refractivity contribution in [1.29, 1.82) is 10.5 Å². The summed E-state index contributed by atoms with van der Waals surface area (Å²) in [5.74, 6) is 0. The van der Waals surface area contributed by atoms with Crippen LogP contribution in [0.4, 0.5) is 0 Å². The third-order valence-electron chi connectivity index (χ3n) is 0.298. The van der Waals surface area contributed by atoms with Crippen molar-refractivity contribution in [2.45, 2.75) is 0 Å². The second-order valence-electron chi connectivity index (χ2n) is 0.733. The van der Waals surface area contributed by atoms with Gasteiger partial charge in [-0.25, -0.2) is 0 Å². The van der Waals surface area contributed by atoms with Gasteiger partial charge in [0.1, 0.15) is 10.6 Å². The smallest absolute Gasteiger partial charge is 0.107 e. The van der Waals surface area contributed by atoms with Crippen LogP contribution >= 0.6 is 15.9 Å². The highest BCUT2D eigenvalue weighted by atomic mass is 79.9. The van der Waals surface area contributed by atoms with Gasteiger partial charge >= 0.3 is 0 Å². The molecule has 0 saturated carbocycles. The first kappa shape index (κ1) is 6.20. The molecule has 7 heavy (non-hydrogen) atoms. The van der Waals surface area contributed by atoms with Gasteiger partial charge in [-0.1, -0.05) is 0 Å². The fourth-order valence-corrected chi connectivity index (χ4v) is 0.191. The molecule has 0 aromatic carbocycles. The van der Waals surface area contributed by atoms with E-state index >= 15 is 0 Å². The van der Waals surface area contributed by atoms with Crippen molar-refractivity contribution in [2.75, 3.05) is 0 Å². The monoisotopic (exact) mass is 156 g/mol. The average Bonchev–Trinajstić information content (AvgIpc) is 1.68. The van der Waals surface area contributed by atoms with Crippen LogP contribution < -0.4 is 0 Å². The SMILES string of the molecule is N#CC=C(Br)C#N. The molecule has 0 unspecified atom stereocenters. The van der Waals surface area contributed by atoms with Crippen molar-refractivity contribution in [3.8, 4) is 12.1 Å². The van der Waals surface area contributed by atoms with E-state index in [0.29, 0.717) is 0 Å². The highest BCUT2D eigenvalue weighted by Gasteiger charge is 1.78. The second kappa shape index (κ2) is 3.39. The standard InChI is InChI=1S/C4HBrN2/c5-4(3-7)1-2-6/h1H. The van der Waals surface area contributed by atoms with Crippen molar-refractivity contribution < 1.29 is 0 Å². The lowest BCUT2D eigenvalue weighted by Crippen LogP contribution is -1.54. The summed E-state index contributed by atoms with van der Waals surface area (Å²) in [5, 5.41) is 15.8. The van der Waals surface area contributed by atoms with Crippen LogP contribution in [0.5, 0.6) is 0 Å². The summed E-state index contributed by atoms with van der Waals surface area (Å²) in [5.41, 5.74) is 0. The minimum absolute atomic E-state index is 0.259. The Morgan fingerprint density at radius 2 is 2.14 bits per heavy atom. The molecular formula is C4HBrN2. The van der Waals surface area contributed by atoms with E-state index in [-0.39, 0.29) is 4.48 Å². The molecule has 0 heterocycles. The average molecular weight is 157 g/mol. The Morgan fingerprint density at radius 1 is 1.57 bits per heavy atom. The fraction of sp³-hybridized carbons (Fsp3) is 0. The van der Waals surface area contributed by atoms with Crippen LogP contribution in [0.2, 0.25) is 0 Å². The van der Waals surface area contributed by atoms with Crippen LogP contribution in [-0.2, 0) is 0 Å². The summed E-state index contributed by atoms with van der Waals surface area (Å²) in [6.45, 7) is 0. The predicted octanol–water partition coefficient (Wildman–Crippen LogP) is 1.31. The van der Waals surface area contributed by atoms with Crippen molar-refractivity contribution in [3.05, 3.63) is 10.6 Å². The van der Waals surface area contributed by atoms with Gasteiger partial charge in [0.15, 0.2) is 0 Å². The van der Waals surface area contributed by atoms with Gasteiger partial charge in [-0.05, 0) is 15.9 Å². The molecule has 0 aliphatic heterocycles. The zero-order valence-electron chi connectivity index (χ0n) is 3.35. The third kappa shape index (κ3) is 3.02. The van der Waals surface area contributed by atoms with Gasteiger partial charge in [-0.15, -0.1) is 0 Å². The number of rotatable bonds is 0. The van der Waals surface area contributed by atoms with E-state index in [4.69, 9.17) is 10.5 Å². The maximum atomic E-state index is 7.95. The summed E-state index contributed by atoms with van der Waals surface area (Å²) in [6, 6.07) is 3.41. The number of halogens is 1. The van der Waals surface area contributed by atoms with E-state index in [0.717, 1.165) is 6.08 Å². The first-order chi connectivity index (χ1) is 3.31. The molecule has 0 rings (SSSR count). The van der Waals surface area contributed by atoms with Crippen molar-refractivity contribution >= 4 is 15.9 Å². The summed E-state index contributed by atoms with van der Waals surface area (Å²) in [6.07, 6.45) is 1.12. The van der Waals surface area contributed by atoms with E-state index in [9.17, 15) is 0 Å². The zero-order chi connectivity index (χ0) is 5.70. The van der Waals surface area contributed by atoms with E-state index in [1.807, 2.05) is 0 Å². The van der Waals surface area contributed by atoms with E-state index in [1.165, 1.54) is 0 Å². The van der Waals surface area contributed by atoms with Gasteiger partial charge in [-0.3, -0.25) is 0 Å². The summed E-state index contributed by atoms with van der Waals surface area (Å²) >= 11 is 2.81. The predicted molar refractivity (Wildman–Crippen MR) is 28.2 cm³/mol. The molecule has 0 saturated heterocycles. The lowest BCUT2D eigenvalue weighted by atomic mass is 10.6. The third-order valence-corrected chi connectivity index (χ3v) is 0.704. The molecular weight excluding hydrogens is 156 g/mol. The molecule has 0 spiro atoms. The molecule has 2 nitrogen and oxygen atoms in total. The Kier molecular flexibility index (Phi) is 3.00.